The Morgan fingerprint density at radius 2 is 2.10 bits per heavy atom. The van der Waals surface area contributed by atoms with Crippen molar-refractivity contribution in [1.82, 2.24) is 4.72 Å². The second-order valence-corrected chi connectivity index (χ2v) is 7.04. The summed E-state index contributed by atoms with van der Waals surface area (Å²) >= 11 is 1.38. The van der Waals surface area contributed by atoms with Gasteiger partial charge in [-0.3, -0.25) is 0 Å². The first kappa shape index (κ1) is 15.6. The summed E-state index contributed by atoms with van der Waals surface area (Å²) in [7, 11) is -4.12. The smallest absolute Gasteiger partial charge is 0.335 e. The lowest BCUT2D eigenvalue weighted by molar-refractivity contribution is 0.0696. The third kappa shape index (κ3) is 3.46. The van der Waals surface area contributed by atoms with Crippen molar-refractivity contribution in [2.45, 2.75) is 18.4 Å². The van der Waals surface area contributed by atoms with Crippen LogP contribution in [0.5, 0.6) is 0 Å². The number of carboxylic acids is 1. The first-order valence-electron chi connectivity index (χ1n) is 5.87. The molecule has 0 fully saturated rings. The van der Waals surface area contributed by atoms with Gasteiger partial charge in [0.1, 0.15) is 10.7 Å². The predicted molar refractivity (Wildman–Crippen MR) is 76.4 cm³/mol. The highest BCUT2D eigenvalue weighted by atomic mass is 32.2. The molecule has 0 atom stereocenters. The Morgan fingerprint density at radius 1 is 1.38 bits per heavy atom. The Hall–Kier alpha value is -1.77. The number of sulfonamides is 1. The van der Waals surface area contributed by atoms with Crippen molar-refractivity contribution >= 4 is 27.3 Å². The van der Waals surface area contributed by atoms with Gasteiger partial charge in [0, 0.05) is 11.4 Å². The quantitative estimate of drug-likeness (QED) is 0.882. The monoisotopic (exact) mass is 329 g/mol. The summed E-state index contributed by atoms with van der Waals surface area (Å²) in [4.78, 5) is 11.0. The molecular weight excluding hydrogens is 317 g/mol. The average Bonchev–Trinajstić information content (AvgIpc) is 2.82. The molecule has 1 heterocycles. The van der Waals surface area contributed by atoms with Gasteiger partial charge in [-0.25, -0.2) is 22.3 Å². The highest BCUT2D eigenvalue weighted by molar-refractivity contribution is 7.89. The minimum Gasteiger partial charge on any atom is -0.478 e. The lowest BCUT2D eigenvalue weighted by Crippen LogP contribution is -2.24. The van der Waals surface area contributed by atoms with Crippen LogP contribution in [0.3, 0.4) is 0 Å². The van der Waals surface area contributed by atoms with Crippen molar-refractivity contribution in [2.24, 2.45) is 0 Å². The van der Waals surface area contributed by atoms with E-state index in [-0.39, 0.29) is 12.1 Å². The molecule has 0 amide bonds. The summed E-state index contributed by atoms with van der Waals surface area (Å²) in [6.07, 6.45) is 0. The Kier molecular flexibility index (Phi) is 4.40. The zero-order chi connectivity index (χ0) is 15.6. The van der Waals surface area contributed by atoms with E-state index < -0.39 is 26.7 Å². The van der Waals surface area contributed by atoms with Crippen LogP contribution >= 0.6 is 11.3 Å². The molecule has 0 radical (unpaired) electrons. The lowest BCUT2D eigenvalue weighted by Gasteiger charge is -2.08. The molecule has 21 heavy (non-hydrogen) atoms. The van der Waals surface area contributed by atoms with Crippen LogP contribution in [-0.4, -0.2) is 19.5 Å². The van der Waals surface area contributed by atoms with Crippen molar-refractivity contribution < 1.29 is 22.7 Å². The van der Waals surface area contributed by atoms with Crippen LogP contribution in [0.2, 0.25) is 0 Å². The fraction of sp³-hybridized carbons (Fsp3) is 0.154. The molecule has 0 aliphatic heterocycles. The van der Waals surface area contributed by atoms with E-state index in [9.17, 15) is 17.6 Å². The number of halogens is 1. The van der Waals surface area contributed by atoms with E-state index in [1.54, 1.807) is 0 Å². The lowest BCUT2D eigenvalue weighted by atomic mass is 10.2. The third-order valence-electron chi connectivity index (χ3n) is 2.86. The molecule has 2 aromatic rings. The number of carboxylic acid groups (broad SMARTS) is 1. The van der Waals surface area contributed by atoms with Crippen LogP contribution in [0.25, 0.3) is 0 Å². The van der Waals surface area contributed by atoms with E-state index in [0.29, 0.717) is 0 Å². The molecule has 0 aliphatic rings. The molecule has 8 heteroatoms. The van der Waals surface area contributed by atoms with Crippen LogP contribution in [-0.2, 0) is 16.6 Å². The van der Waals surface area contributed by atoms with Gasteiger partial charge in [0.15, 0.2) is 0 Å². The molecule has 2 rings (SSSR count). The van der Waals surface area contributed by atoms with Crippen molar-refractivity contribution in [1.29, 1.82) is 0 Å². The summed E-state index contributed by atoms with van der Waals surface area (Å²) in [6, 6.07) is 4.50. The van der Waals surface area contributed by atoms with Gasteiger partial charge < -0.3 is 5.11 Å². The van der Waals surface area contributed by atoms with Crippen LogP contribution in [0.15, 0.2) is 34.5 Å². The molecular formula is C13H12FNO4S2. The van der Waals surface area contributed by atoms with E-state index in [4.69, 9.17) is 5.11 Å². The molecule has 112 valence electrons. The Bertz CT molecular complexity index is 783. The van der Waals surface area contributed by atoms with Gasteiger partial charge in [0.2, 0.25) is 10.0 Å². The number of hydrogen-bond acceptors (Lipinski definition) is 4. The molecule has 2 N–H and O–H groups in total. The highest BCUT2D eigenvalue weighted by Gasteiger charge is 2.21. The van der Waals surface area contributed by atoms with Gasteiger partial charge >= 0.3 is 5.97 Å². The molecule has 0 unspecified atom stereocenters. The molecule has 0 bridgehead atoms. The number of rotatable bonds is 5. The molecule has 0 aliphatic carbocycles. The standard InChI is InChI=1S/C13H12FNO4S2/c1-8-4-5-20-11(8)7-15-21(18,19)12-6-9(13(16)17)2-3-10(12)14/h2-6,15H,7H2,1H3,(H,16,17). The van der Waals surface area contributed by atoms with Crippen LogP contribution in [0.1, 0.15) is 20.8 Å². The van der Waals surface area contributed by atoms with Crippen molar-refractivity contribution in [2.75, 3.05) is 0 Å². The maximum Gasteiger partial charge on any atom is 0.335 e. The Balaban J connectivity index is 2.29. The molecule has 1 aromatic carbocycles. The first-order chi connectivity index (χ1) is 9.81. The molecule has 5 nitrogen and oxygen atoms in total. The second-order valence-electron chi connectivity index (χ2n) is 4.30. The minimum absolute atomic E-state index is 0.0303. The Labute approximate surface area is 125 Å². The van der Waals surface area contributed by atoms with Crippen LogP contribution in [0.4, 0.5) is 4.39 Å². The first-order valence-corrected chi connectivity index (χ1v) is 8.23. The summed E-state index contributed by atoms with van der Waals surface area (Å²) in [5, 5.41) is 10.7. The average molecular weight is 329 g/mol. The highest BCUT2D eigenvalue weighted by Crippen LogP contribution is 2.19. The van der Waals surface area contributed by atoms with Gasteiger partial charge in [-0.2, -0.15) is 0 Å². The zero-order valence-corrected chi connectivity index (χ0v) is 12.6. The number of aryl methyl sites for hydroxylation is 1. The topological polar surface area (TPSA) is 83.5 Å². The van der Waals surface area contributed by atoms with Crippen molar-refractivity contribution in [3.05, 3.63) is 51.5 Å². The van der Waals surface area contributed by atoms with Crippen LogP contribution < -0.4 is 4.72 Å². The van der Waals surface area contributed by atoms with Gasteiger partial charge in [-0.15, -0.1) is 11.3 Å². The zero-order valence-electron chi connectivity index (χ0n) is 11.0. The molecule has 0 saturated carbocycles. The summed E-state index contributed by atoms with van der Waals surface area (Å²) in [5.74, 6) is -2.31. The summed E-state index contributed by atoms with van der Waals surface area (Å²) in [5.41, 5.74) is 0.645. The van der Waals surface area contributed by atoms with Gasteiger partial charge in [-0.1, -0.05) is 0 Å². The number of carbonyl (C=O) groups is 1. The third-order valence-corrected chi connectivity index (χ3v) is 5.30. The van der Waals surface area contributed by atoms with Gasteiger partial charge in [0.25, 0.3) is 0 Å². The number of hydrogen-bond donors (Lipinski definition) is 2. The number of benzene rings is 1. The fourth-order valence-electron chi connectivity index (χ4n) is 1.67. The molecule has 0 spiro atoms. The van der Waals surface area contributed by atoms with Gasteiger partial charge in [-0.05, 0) is 42.1 Å². The minimum atomic E-state index is -4.12. The SMILES string of the molecule is Cc1ccsc1CNS(=O)(=O)c1cc(C(=O)O)ccc1F. The summed E-state index contributed by atoms with van der Waals surface area (Å²) in [6.45, 7) is 1.87. The second kappa shape index (κ2) is 5.92. The van der Waals surface area contributed by atoms with Gasteiger partial charge in [0.05, 0.1) is 5.56 Å². The number of nitrogens with one attached hydrogen (secondary N) is 1. The van der Waals surface area contributed by atoms with E-state index in [1.807, 2.05) is 18.4 Å². The molecule has 0 saturated heterocycles. The Morgan fingerprint density at radius 3 is 2.67 bits per heavy atom. The number of thiophene rings is 1. The van der Waals surface area contributed by atoms with E-state index in [2.05, 4.69) is 4.72 Å². The molecule has 1 aromatic heterocycles. The normalized spacial score (nSPS) is 11.5. The van der Waals surface area contributed by atoms with Crippen molar-refractivity contribution in [3.8, 4) is 0 Å². The largest absolute Gasteiger partial charge is 0.478 e. The fourth-order valence-corrected chi connectivity index (χ4v) is 3.70. The van der Waals surface area contributed by atoms with E-state index in [0.717, 1.165) is 28.6 Å². The maximum absolute atomic E-state index is 13.7. The van der Waals surface area contributed by atoms with E-state index in [1.165, 1.54) is 11.3 Å². The maximum atomic E-state index is 13.7. The summed E-state index contributed by atoms with van der Waals surface area (Å²) < 4.78 is 40.1. The van der Waals surface area contributed by atoms with Crippen molar-refractivity contribution in [3.63, 3.8) is 0 Å². The predicted octanol–water partition coefficient (Wildman–Crippen LogP) is 2.37. The number of aromatic carboxylic acids is 1. The van der Waals surface area contributed by atoms with Crippen LogP contribution in [0, 0.1) is 12.7 Å². The van der Waals surface area contributed by atoms with E-state index >= 15 is 0 Å².